The number of amides is 3. The highest BCUT2D eigenvalue weighted by atomic mass is 16.5. The first-order valence-corrected chi connectivity index (χ1v) is 9.68. The molecule has 0 unspecified atom stereocenters. The number of carbonyl (C=O) groups is 3. The molecule has 5 rings (SSSR count). The molecule has 0 atom stereocenters. The average molecular weight is 391 g/mol. The highest BCUT2D eigenvalue weighted by Crippen LogP contribution is 2.53. The topological polar surface area (TPSA) is 87.7 Å². The van der Waals surface area contributed by atoms with Crippen molar-refractivity contribution in [3.05, 3.63) is 58.7 Å². The molecule has 2 aliphatic heterocycles. The van der Waals surface area contributed by atoms with E-state index >= 15 is 0 Å². The van der Waals surface area contributed by atoms with Crippen LogP contribution in [0.25, 0.3) is 0 Å². The van der Waals surface area contributed by atoms with Crippen molar-refractivity contribution in [2.24, 2.45) is 0 Å². The molecule has 1 spiro atoms. The van der Waals surface area contributed by atoms with E-state index in [9.17, 15) is 14.4 Å². The Kier molecular flexibility index (Phi) is 3.87. The summed E-state index contributed by atoms with van der Waals surface area (Å²) in [6.45, 7) is 1.29. The van der Waals surface area contributed by atoms with Gasteiger partial charge in [-0.1, -0.05) is 12.1 Å². The largest absolute Gasteiger partial charge is 0.497 e. The van der Waals surface area contributed by atoms with Crippen molar-refractivity contribution >= 4 is 23.4 Å². The lowest BCUT2D eigenvalue weighted by atomic mass is 9.86. The van der Waals surface area contributed by atoms with Crippen LogP contribution in [0.5, 0.6) is 5.75 Å². The number of benzene rings is 2. The fourth-order valence-corrected chi connectivity index (χ4v) is 4.44. The van der Waals surface area contributed by atoms with Gasteiger partial charge in [-0.2, -0.15) is 0 Å². The third kappa shape index (κ3) is 2.85. The lowest BCUT2D eigenvalue weighted by molar-refractivity contribution is -0.144. The zero-order chi connectivity index (χ0) is 20.2. The van der Waals surface area contributed by atoms with E-state index in [0.717, 1.165) is 24.2 Å². The number of nitrogens with zero attached hydrogens (tertiary/aromatic N) is 1. The Morgan fingerprint density at radius 1 is 1.21 bits per heavy atom. The summed E-state index contributed by atoms with van der Waals surface area (Å²) in [5.74, 6) is -0.576. The molecule has 0 bridgehead atoms. The quantitative estimate of drug-likeness (QED) is 0.766. The second kappa shape index (κ2) is 6.34. The first-order valence-electron chi connectivity index (χ1n) is 9.68. The molecule has 148 valence electrons. The van der Waals surface area contributed by atoms with Crippen molar-refractivity contribution in [1.82, 2.24) is 10.2 Å². The molecule has 29 heavy (non-hydrogen) atoms. The minimum absolute atomic E-state index is 0.0671. The summed E-state index contributed by atoms with van der Waals surface area (Å²) >= 11 is 0. The van der Waals surface area contributed by atoms with Crippen LogP contribution in [0.4, 0.5) is 5.69 Å². The number of carbonyl (C=O) groups excluding carboxylic acids is 3. The van der Waals surface area contributed by atoms with Crippen molar-refractivity contribution in [3.8, 4) is 5.75 Å². The smallest absolute Gasteiger partial charge is 0.313 e. The van der Waals surface area contributed by atoms with Gasteiger partial charge in [0, 0.05) is 41.9 Å². The summed E-state index contributed by atoms with van der Waals surface area (Å²) in [5.41, 5.74) is 3.98. The molecule has 3 amide bonds. The van der Waals surface area contributed by atoms with Gasteiger partial charge in [0.2, 0.25) is 0 Å². The van der Waals surface area contributed by atoms with Gasteiger partial charge >= 0.3 is 11.8 Å². The van der Waals surface area contributed by atoms with Gasteiger partial charge in [-0.25, -0.2) is 0 Å². The highest BCUT2D eigenvalue weighted by Gasteiger charge is 2.50. The van der Waals surface area contributed by atoms with Crippen molar-refractivity contribution in [2.75, 3.05) is 19.0 Å². The van der Waals surface area contributed by atoms with E-state index in [-0.39, 0.29) is 11.3 Å². The normalized spacial score (nSPS) is 18.0. The second-order valence-corrected chi connectivity index (χ2v) is 7.93. The molecule has 1 aliphatic carbocycles. The van der Waals surface area contributed by atoms with Gasteiger partial charge in [0.25, 0.3) is 5.91 Å². The van der Waals surface area contributed by atoms with Crippen LogP contribution in [0.1, 0.15) is 39.9 Å². The number of rotatable bonds is 2. The van der Waals surface area contributed by atoms with Gasteiger partial charge < -0.3 is 20.3 Å². The average Bonchev–Trinajstić information content (AvgIpc) is 3.40. The van der Waals surface area contributed by atoms with Crippen LogP contribution < -0.4 is 15.4 Å². The van der Waals surface area contributed by atoms with Crippen molar-refractivity contribution < 1.29 is 19.1 Å². The maximum atomic E-state index is 12.9. The molecule has 2 heterocycles. The van der Waals surface area contributed by atoms with Gasteiger partial charge in [-0.3, -0.25) is 14.4 Å². The van der Waals surface area contributed by atoms with E-state index in [4.69, 9.17) is 4.74 Å². The minimum Gasteiger partial charge on any atom is -0.497 e. The van der Waals surface area contributed by atoms with E-state index < -0.39 is 11.8 Å². The number of nitrogens with one attached hydrogen (secondary N) is 2. The van der Waals surface area contributed by atoms with Crippen LogP contribution in [-0.4, -0.2) is 36.3 Å². The second-order valence-electron chi connectivity index (χ2n) is 7.93. The predicted molar refractivity (Wildman–Crippen MR) is 106 cm³/mol. The highest BCUT2D eigenvalue weighted by molar-refractivity contribution is 6.39. The standard InChI is InChI=1S/C22H21N3O4/c1-29-14-6-5-13-11-25(12-22(7-8-22)17(13)9-14)21(28)20(27)24-18-4-2-3-15-16(18)10-23-19(15)26/h2-6,9H,7-8,10-12H2,1H3,(H,23,26)(H,24,27). The molecule has 2 aromatic rings. The summed E-state index contributed by atoms with van der Waals surface area (Å²) in [6.07, 6.45) is 2.00. The Morgan fingerprint density at radius 2 is 2.03 bits per heavy atom. The lowest BCUT2D eigenvalue weighted by Gasteiger charge is -2.35. The van der Waals surface area contributed by atoms with Gasteiger partial charge in [-0.05, 0) is 48.2 Å². The molecule has 7 heteroatoms. The summed E-state index contributed by atoms with van der Waals surface area (Å²) in [7, 11) is 1.65. The number of hydrogen-bond acceptors (Lipinski definition) is 4. The lowest BCUT2D eigenvalue weighted by Crippen LogP contribution is -2.46. The van der Waals surface area contributed by atoms with Crippen LogP contribution in [0.3, 0.4) is 0 Å². The molecule has 3 aliphatic rings. The minimum atomic E-state index is -0.675. The fraction of sp³-hybridized carbons (Fsp3) is 0.318. The Labute approximate surface area is 168 Å². The molecule has 7 nitrogen and oxygen atoms in total. The molecule has 0 aromatic heterocycles. The third-order valence-corrected chi connectivity index (χ3v) is 6.17. The van der Waals surface area contributed by atoms with Crippen LogP contribution in [-0.2, 0) is 28.1 Å². The van der Waals surface area contributed by atoms with Crippen molar-refractivity contribution in [1.29, 1.82) is 0 Å². The molecular formula is C22H21N3O4. The van der Waals surface area contributed by atoms with E-state index in [0.29, 0.717) is 36.4 Å². The van der Waals surface area contributed by atoms with Crippen molar-refractivity contribution in [2.45, 2.75) is 31.3 Å². The summed E-state index contributed by atoms with van der Waals surface area (Å²) < 4.78 is 5.35. The Balaban J connectivity index is 1.36. The first kappa shape index (κ1) is 17.7. The van der Waals surface area contributed by atoms with Gasteiger partial charge in [0.15, 0.2) is 0 Å². The molecule has 0 radical (unpaired) electrons. The SMILES string of the molecule is COc1ccc2c(c1)C1(CC1)CN(C(=O)C(=O)Nc1cccc3c1CNC3=O)C2. The van der Waals surface area contributed by atoms with Gasteiger partial charge in [-0.15, -0.1) is 0 Å². The van der Waals surface area contributed by atoms with Gasteiger partial charge in [0.05, 0.1) is 7.11 Å². The summed E-state index contributed by atoms with van der Waals surface area (Å²) in [4.78, 5) is 39.1. The van der Waals surface area contributed by atoms with Gasteiger partial charge in [0.1, 0.15) is 5.75 Å². The maximum Gasteiger partial charge on any atom is 0.313 e. The number of ether oxygens (including phenoxy) is 1. The summed E-state index contributed by atoms with van der Waals surface area (Å²) in [6, 6.07) is 11.1. The summed E-state index contributed by atoms with van der Waals surface area (Å²) in [5, 5.41) is 5.44. The number of methoxy groups -OCH3 is 1. The van der Waals surface area contributed by atoms with E-state index in [1.165, 1.54) is 5.56 Å². The molecule has 2 N–H and O–H groups in total. The first-order chi connectivity index (χ1) is 14.0. The Hall–Kier alpha value is -3.35. The Morgan fingerprint density at radius 3 is 2.79 bits per heavy atom. The van der Waals surface area contributed by atoms with Crippen LogP contribution in [0, 0.1) is 0 Å². The van der Waals surface area contributed by atoms with Crippen LogP contribution in [0.15, 0.2) is 36.4 Å². The maximum absolute atomic E-state index is 12.9. The molecule has 1 fully saturated rings. The predicted octanol–water partition coefficient (Wildman–Crippen LogP) is 1.95. The fourth-order valence-electron chi connectivity index (χ4n) is 4.44. The van der Waals surface area contributed by atoms with E-state index in [1.807, 2.05) is 12.1 Å². The van der Waals surface area contributed by atoms with E-state index in [2.05, 4.69) is 16.7 Å². The molecule has 0 saturated heterocycles. The van der Waals surface area contributed by atoms with E-state index in [1.54, 1.807) is 30.2 Å². The monoisotopic (exact) mass is 391 g/mol. The Bertz CT molecular complexity index is 1060. The zero-order valence-corrected chi connectivity index (χ0v) is 16.1. The zero-order valence-electron chi connectivity index (χ0n) is 16.1. The molecular weight excluding hydrogens is 370 g/mol. The van der Waals surface area contributed by atoms with Crippen LogP contribution in [0.2, 0.25) is 0 Å². The van der Waals surface area contributed by atoms with Crippen LogP contribution >= 0.6 is 0 Å². The number of anilines is 1. The number of hydrogen-bond donors (Lipinski definition) is 2. The number of fused-ring (bicyclic) bond motifs is 3. The third-order valence-electron chi connectivity index (χ3n) is 6.17. The van der Waals surface area contributed by atoms with Crippen molar-refractivity contribution in [3.63, 3.8) is 0 Å². The molecule has 2 aromatic carbocycles. The molecule has 1 saturated carbocycles.